The first-order valence-corrected chi connectivity index (χ1v) is 6.73. The molecule has 0 saturated heterocycles. The van der Waals surface area contributed by atoms with Gasteiger partial charge in [-0.25, -0.2) is 4.99 Å². The molecule has 6 heteroatoms. The van der Waals surface area contributed by atoms with Gasteiger partial charge in [0.15, 0.2) is 5.84 Å². The van der Waals surface area contributed by atoms with E-state index in [2.05, 4.69) is 10.1 Å². The molecule has 0 spiro atoms. The number of aliphatic hydroxyl groups is 2. The van der Waals surface area contributed by atoms with Crippen LogP contribution in [0.5, 0.6) is 0 Å². The van der Waals surface area contributed by atoms with Crippen LogP contribution in [-0.4, -0.2) is 60.1 Å². The van der Waals surface area contributed by atoms with Crippen molar-refractivity contribution in [2.75, 3.05) is 37.9 Å². The third-order valence-corrected chi connectivity index (χ3v) is 2.98. The van der Waals surface area contributed by atoms with Gasteiger partial charge in [-0.15, -0.1) is 0 Å². The highest BCUT2D eigenvalue weighted by Gasteiger charge is 2.14. The van der Waals surface area contributed by atoms with Gasteiger partial charge in [0, 0.05) is 26.1 Å². The van der Waals surface area contributed by atoms with Gasteiger partial charge >= 0.3 is 0 Å². The number of aliphatic hydroxyl groups excluding tert-OH is 2. The number of hydrazone groups is 1. The Balaban J connectivity index is 1.96. The summed E-state index contributed by atoms with van der Waals surface area (Å²) in [6, 6.07) is 9.97. The van der Waals surface area contributed by atoms with Crippen LogP contribution in [0, 0.1) is 0 Å². The van der Waals surface area contributed by atoms with Gasteiger partial charge in [0.05, 0.1) is 25.2 Å². The smallest absolute Gasteiger partial charge is 0.152 e. The molecule has 1 aromatic carbocycles. The fourth-order valence-electron chi connectivity index (χ4n) is 1.95. The minimum atomic E-state index is 0.0363. The van der Waals surface area contributed by atoms with Gasteiger partial charge in [0.25, 0.3) is 0 Å². The van der Waals surface area contributed by atoms with E-state index in [1.165, 1.54) is 0 Å². The lowest BCUT2D eigenvalue weighted by Crippen LogP contribution is -2.28. The number of anilines is 1. The maximum Gasteiger partial charge on any atom is 0.152 e. The van der Waals surface area contributed by atoms with Crippen molar-refractivity contribution in [2.24, 2.45) is 10.1 Å². The molecule has 1 aliphatic rings. The van der Waals surface area contributed by atoms with E-state index < -0.39 is 0 Å². The van der Waals surface area contributed by atoms with E-state index in [9.17, 15) is 0 Å². The van der Waals surface area contributed by atoms with Crippen molar-refractivity contribution in [1.82, 2.24) is 4.90 Å². The molecule has 108 valence electrons. The number of hydrogen-bond donors (Lipinski definition) is 2. The lowest BCUT2D eigenvalue weighted by molar-refractivity contribution is 0.215. The Hall–Kier alpha value is -1.92. The summed E-state index contributed by atoms with van der Waals surface area (Å²) in [6.45, 7) is 1.80. The second kappa shape index (κ2) is 7.62. The summed E-state index contributed by atoms with van der Waals surface area (Å²) in [4.78, 5) is 6.10. The van der Waals surface area contributed by atoms with Crippen LogP contribution in [0.4, 0.5) is 5.69 Å². The summed E-state index contributed by atoms with van der Waals surface area (Å²) < 4.78 is 0. The molecule has 1 heterocycles. The first kappa shape index (κ1) is 14.5. The summed E-state index contributed by atoms with van der Waals surface area (Å²) in [6.07, 6.45) is 2.43. The normalized spacial score (nSPS) is 14.9. The average Bonchev–Trinajstić information content (AvgIpc) is 2.95. The Kier molecular flexibility index (Phi) is 5.52. The van der Waals surface area contributed by atoms with E-state index in [-0.39, 0.29) is 13.2 Å². The lowest BCUT2D eigenvalue weighted by atomic mass is 10.3. The number of amidine groups is 1. The Labute approximate surface area is 118 Å². The van der Waals surface area contributed by atoms with Gasteiger partial charge in [0.2, 0.25) is 0 Å². The number of aliphatic imine (C=N–C) groups is 1. The van der Waals surface area contributed by atoms with Crippen molar-refractivity contribution in [3.05, 3.63) is 30.3 Å². The third-order valence-electron chi connectivity index (χ3n) is 2.98. The number of para-hydroxylation sites is 1. The Morgan fingerprint density at radius 2 is 1.90 bits per heavy atom. The quantitative estimate of drug-likeness (QED) is 0.587. The van der Waals surface area contributed by atoms with Crippen LogP contribution < -0.4 is 5.01 Å². The van der Waals surface area contributed by atoms with Crippen LogP contribution in [0.3, 0.4) is 0 Å². The number of rotatable bonds is 6. The van der Waals surface area contributed by atoms with Crippen molar-refractivity contribution in [1.29, 1.82) is 0 Å². The predicted octanol–water partition coefficient (Wildman–Crippen LogP) is 0.525. The van der Waals surface area contributed by atoms with Crippen LogP contribution in [0.2, 0.25) is 0 Å². The van der Waals surface area contributed by atoms with E-state index in [1.807, 2.05) is 35.3 Å². The van der Waals surface area contributed by atoms with Crippen molar-refractivity contribution >= 4 is 17.9 Å². The second-order valence-electron chi connectivity index (χ2n) is 4.45. The van der Waals surface area contributed by atoms with Crippen LogP contribution in [-0.2, 0) is 0 Å². The molecule has 0 amide bonds. The summed E-state index contributed by atoms with van der Waals surface area (Å²) in [5.74, 6) is 0.759. The monoisotopic (exact) mass is 276 g/mol. The molecule has 2 N–H and O–H groups in total. The predicted molar refractivity (Wildman–Crippen MR) is 80.1 cm³/mol. The molecular weight excluding hydrogens is 256 g/mol. The summed E-state index contributed by atoms with van der Waals surface area (Å²) in [5, 5.41) is 24.2. The minimum absolute atomic E-state index is 0.0363. The molecule has 2 rings (SSSR count). The summed E-state index contributed by atoms with van der Waals surface area (Å²) in [5.41, 5.74) is 1.06. The van der Waals surface area contributed by atoms with Gasteiger partial charge < -0.3 is 15.1 Å². The van der Waals surface area contributed by atoms with Crippen LogP contribution in [0.25, 0.3) is 0 Å². The second-order valence-corrected chi connectivity index (χ2v) is 4.45. The van der Waals surface area contributed by atoms with Crippen LogP contribution in [0.1, 0.15) is 6.42 Å². The Morgan fingerprint density at radius 1 is 1.20 bits per heavy atom. The molecule has 20 heavy (non-hydrogen) atoms. The zero-order chi connectivity index (χ0) is 14.2. The summed E-state index contributed by atoms with van der Waals surface area (Å²) in [7, 11) is 0. The third kappa shape index (κ3) is 4.04. The number of nitrogens with zero attached hydrogens (tertiary/aromatic N) is 4. The van der Waals surface area contributed by atoms with Crippen LogP contribution >= 0.6 is 0 Å². The SMILES string of the molecule is OCCN(C=NC1=NN(c2ccccc2)CC1)CCO. The Bertz CT molecular complexity index is 456. The largest absolute Gasteiger partial charge is 0.395 e. The van der Waals surface area contributed by atoms with Crippen molar-refractivity contribution in [3.8, 4) is 0 Å². The fourth-order valence-corrected chi connectivity index (χ4v) is 1.95. The molecule has 0 radical (unpaired) electrons. The van der Waals surface area contributed by atoms with Crippen LogP contribution in [0.15, 0.2) is 40.4 Å². The van der Waals surface area contributed by atoms with Gasteiger partial charge in [-0.1, -0.05) is 18.2 Å². The van der Waals surface area contributed by atoms with Gasteiger partial charge in [-0.2, -0.15) is 5.10 Å². The molecule has 1 aromatic rings. The zero-order valence-corrected chi connectivity index (χ0v) is 11.4. The van der Waals surface area contributed by atoms with Crippen molar-refractivity contribution in [3.63, 3.8) is 0 Å². The molecule has 0 atom stereocenters. The lowest BCUT2D eigenvalue weighted by Gasteiger charge is -2.16. The molecule has 1 aliphatic heterocycles. The van der Waals surface area contributed by atoms with Gasteiger partial charge in [-0.3, -0.25) is 5.01 Å². The standard InChI is InChI=1S/C14H20N4O2/c19-10-8-17(9-11-20)12-15-14-6-7-18(16-14)13-4-2-1-3-5-13/h1-5,12,19-20H,6-11H2. The molecule has 0 unspecified atom stereocenters. The number of hydrogen-bond acceptors (Lipinski definition) is 5. The first-order chi connectivity index (χ1) is 9.83. The summed E-state index contributed by atoms with van der Waals surface area (Å²) >= 11 is 0. The van der Waals surface area contributed by atoms with E-state index in [1.54, 1.807) is 11.2 Å². The van der Waals surface area contributed by atoms with Crippen molar-refractivity contribution in [2.45, 2.75) is 6.42 Å². The Morgan fingerprint density at radius 3 is 2.55 bits per heavy atom. The molecule has 0 aromatic heterocycles. The molecular formula is C14H20N4O2. The minimum Gasteiger partial charge on any atom is -0.395 e. The van der Waals surface area contributed by atoms with E-state index >= 15 is 0 Å². The molecule has 0 aliphatic carbocycles. The maximum atomic E-state index is 8.92. The molecule has 0 saturated carbocycles. The maximum absolute atomic E-state index is 8.92. The van der Waals surface area contributed by atoms with Crippen molar-refractivity contribution < 1.29 is 10.2 Å². The highest BCUT2D eigenvalue weighted by atomic mass is 16.3. The van der Waals surface area contributed by atoms with Gasteiger partial charge in [0.1, 0.15) is 0 Å². The average molecular weight is 276 g/mol. The van der Waals surface area contributed by atoms with E-state index in [0.717, 1.165) is 24.5 Å². The highest BCUT2D eigenvalue weighted by Crippen LogP contribution is 2.18. The number of benzene rings is 1. The highest BCUT2D eigenvalue weighted by molar-refractivity contribution is 5.91. The van der Waals surface area contributed by atoms with Gasteiger partial charge in [-0.05, 0) is 12.1 Å². The van der Waals surface area contributed by atoms with E-state index in [0.29, 0.717) is 13.1 Å². The molecule has 0 fully saturated rings. The molecule has 6 nitrogen and oxygen atoms in total. The van der Waals surface area contributed by atoms with E-state index in [4.69, 9.17) is 10.2 Å². The zero-order valence-electron chi connectivity index (χ0n) is 11.4. The first-order valence-electron chi connectivity index (χ1n) is 6.73. The molecule has 0 bridgehead atoms. The fraction of sp³-hybridized carbons (Fsp3) is 0.429. The topological polar surface area (TPSA) is 71.7 Å².